The molecule has 2 heterocycles. The molecule has 1 aliphatic rings. The van der Waals surface area contributed by atoms with Crippen LogP contribution in [-0.4, -0.2) is 23.4 Å². The van der Waals surface area contributed by atoms with Gasteiger partial charge in [0, 0.05) is 12.7 Å². The van der Waals surface area contributed by atoms with Crippen molar-refractivity contribution in [2.24, 2.45) is 0 Å². The topological polar surface area (TPSA) is 39.1 Å². The summed E-state index contributed by atoms with van der Waals surface area (Å²) in [5.41, 5.74) is 3.46. The minimum Gasteiger partial charge on any atom is -0.494 e. The van der Waals surface area contributed by atoms with Crippen LogP contribution in [-0.2, 0) is 13.0 Å². The van der Waals surface area contributed by atoms with Crippen LogP contribution >= 0.6 is 0 Å². The zero-order valence-corrected chi connectivity index (χ0v) is 9.81. The van der Waals surface area contributed by atoms with E-state index in [1.807, 2.05) is 28.9 Å². The van der Waals surface area contributed by atoms with Gasteiger partial charge in [-0.2, -0.15) is 5.10 Å². The predicted octanol–water partition coefficient (Wildman–Crippen LogP) is 1.53. The molecule has 1 aromatic heterocycles. The SMILES string of the molecule is COc1ccccc1-n1cc2c(n1)CNCC2. The Kier molecular flexibility index (Phi) is 2.57. The van der Waals surface area contributed by atoms with Crippen LogP contribution < -0.4 is 10.1 Å². The molecule has 88 valence electrons. The van der Waals surface area contributed by atoms with Crippen LogP contribution in [0.1, 0.15) is 11.3 Å². The number of ether oxygens (including phenoxy) is 1. The molecular weight excluding hydrogens is 214 g/mol. The number of hydrogen-bond donors (Lipinski definition) is 1. The number of aromatic nitrogens is 2. The third-order valence-electron chi connectivity index (χ3n) is 3.07. The van der Waals surface area contributed by atoms with Crippen molar-refractivity contribution in [2.45, 2.75) is 13.0 Å². The average molecular weight is 229 g/mol. The van der Waals surface area contributed by atoms with E-state index in [0.717, 1.165) is 36.6 Å². The van der Waals surface area contributed by atoms with Crippen LogP contribution in [0.25, 0.3) is 5.69 Å². The van der Waals surface area contributed by atoms with Crippen LogP contribution in [0.2, 0.25) is 0 Å². The summed E-state index contributed by atoms with van der Waals surface area (Å²) < 4.78 is 7.27. The molecule has 0 aliphatic carbocycles. The first-order valence-electron chi connectivity index (χ1n) is 5.80. The van der Waals surface area contributed by atoms with Gasteiger partial charge in [0.25, 0.3) is 0 Å². The molecule has 0 bridgehead atoms. The number of rotatable bonds is 2. The molecule has 1 N–H and O–H groups in total. The second-order valence-electron chi connectivity index (χ2n) is 4.14. The highest BCUT2D eigenvalue weighted by molar-refractivity contribution is 5.46. The molecule has 4 nitrogen and oxygen atoms in total. The third-order valence-corrected chi connectivity index (χ3v) is 3.07. The summed E-state index contributed by atoms with van der Waals surface area (Å²) in [5, 5.41) is 7.93. The largest absolute Gasteiger partial charge is 0.494 e. The maximum atomic E-state index is 5.36. The molecule has 0 radical (unpaired) electrons. The van der Waals surface area contributed by atoms with E-state index in [9.17, 15) is 0 Å². The number of hydrogen-bond acceptors (Lipinski definition) is 3. The lowest BCUT2D eigenvalue weighted by Crippen LogP contribution is -2.22. The van der Waals surface area contributed by atoms with E-state index in [4.69, 9.17) is 4.74 Å². The number of methoxy groups -OCH3 is 1. The van der Waals surface area contributed by atoms with E-state index < -0.39 is 0 Å². The molecule has 0 saturated heterocycles. The molecular formula is C13H15N3O. The van der Waals surface area contributed by atoms with Gasteiger partial charge in [-0.15, -0.1) is 0 Å². The standard InChI is InChI=1S/C13H15N3O/c1-17-13-5-3-2-4-12(13)16-9-10-6-7-14-8-11(10)15-16/h2-5,9,14H,6-8H2,1H3. The summed E-state index contributed by atoms with van der Waals surface area (Å²) in [4.78, 5) is 0. The van der Waals surface area contributed by atoms with Gasteiger partial charge in [-0.25, -0.2) is 4.68 Å². The van der Waals surface area contributed by atoms with Crippen molar-refractivity contribution in [3.05, 3.63) is 41.7 Å². The summed E-state index contributed by atoms with van der Waals surface area (Å²) >= 11 is 0. The highest BCUT2D eigenvalue weighted by Gasteiger charge is 2.14. The molecule has 0 unspecified atom stereocenters. The fourth-order valence-corrected chi connectivity index (χ4v) is 2.18. The second kappa shape index (κ2) is 4.22. The molecule has 0 saturated carbocycles. The van der Waals surface area contributed by atoms with Crippen molar-refractivity contribution in [1.82, 2.24) is 15.1 Å². The first-order chi connectivity index (χ1) is 8.38. The molecule has 17 heavy (non-hydrogen) atoms. The van der Waals surface area contributed by atoms with E-state index in [1.165, 1.54) is 5.56 Å². The molecule has 2 aromatic rings. The minimum atomic E-state index is 0.848. The van der Waals surface area contributed by atoms with Crippen molar-refractivity contribution in [2.75, 3.05) is 13.7 Å². The van der Waals surface area contributed by atoms with Gasteiger partial charge in [0.05, 0.1) is 12.8 Å². The van der Waals surface area contributed by atoms with Crippen LogP contribution in [0.4, 0.5) is 0 Å². The number of benzene rings is 1. The molecule has 0 atom stereocenters. The Morgan fingerprint density at radius 3 is 3.06 bits per heavy atom. The minimum absolute atomic E-state index is 0.848. The van der Waals surface area contributed by atoms with Crippen LogP contribution in [0, 0.1) is 0 Å². The lowest BCUT2D eigenvalue weighted by molar-refractivity contribution is 0.411. The Morgan fingerprint density at radius 2 is 2.24 bits per heavy atom. The van der Waals surface area contributed by atoms with E-state index >= 15 is 0 Å². The fraction of sp³-hybridized carbons (Fsp3) is 0.308. The van der Waals surface area contributed by atoms with Gasteiger partial charge in [-0.05, 0) is 30.7 Å². The number of nitrogens with zero attached hydrogens (tertiary/aromatic N) is 2. The highest BCUT2D eigenvalue weighted by atomic mass is 16.5. The molecule has 0 amide bonds. The van der Waals surface area contributed by atoms with Gasteiger partial charge in [-0.1, -0.05) is 12.1 Å². The van der Waals surface area contributed by atoms with Crippen LogP contribution in [0.15, 0.2) is 30.5 Å². The Hall–Kier alpha value is -1.81. The number of fused-ring (bicyclic) bond motifs is 1. The quantitative estimate of drug-likeness (QED) is 0.848. The molecule has 0 fully saturated rings. The molecule has 1 aromatic carbocycles. The molecule has 4 heteroatoms. The second-order valence-corrected chi connectivity index (χ2v) is 4.14. The van der Waals surface area contributed by atoms with Gasteiger partial charge < -0.3 is 10.1 Å². The van der Waals surface area contributed by atoms with E-state index in [-0.39, 0.29) is 0 Å². The fourth-order valence-electron chi connectivity index (χ4n) is 2.18. The number of nitrogens with one attached hydrogen (secondary N) is 1. The van der Waals surface area contributed by atoms with Crippen molar-refractivity contribution in [3.8, 4) is 11.4 Å². The Bertz CT molecular complexity index is 510. The average Bonchev–Trinajstić information content (AvgIpc) is 2.82. The summed E-state index contributed by atoms with van der Waals surface area (Å²) in [6.45, 7) is 1.89. The van der Waals surface area contributed by atoms with Gasteiger partial charge >= 0.3 is 0 Å². The maximum absolute atomic E-state index is 5.36. The highest BCUT2D eigenvalue weighted by Crippen LogP contribution is 2.23. The summed E-state index contributed by atoms with van der Waals surface area (Å²) in [6, 6.07) is 7.93. The number of para-hydroxylation sites is 2. The normalized spacial score (nSPS) is 14.4. The van der Waals surface area contributed by atoms with Gasteiger partial charge in [0.1, 0.15) is 11.4 Å². The lowest BCUT2D eigenvalue weighted by atomic mass is 10.1. The molecule has 3 rings (SSSR count). The maximum Gasteiger partial charge on any atom is 0.144 e. The summed E-state index contributed by atoms with van der Waals surface area (Å²) in [7, 11) is 1.68. The Labute approximate surface area is 100 Å². The molecule has 0 spiro atoms. The zero-order chi connectivity index (χ0) is 11.7. The lowest BCUT2D eigenvalue weighted by Gasteiger charge is -2.09. The summed E-state index contributed by atoms with van der Waals surface area (Å²) in [5.74, 6) is 0.848. The molecule has 1 aliphatic heterocycles. The van der Waals surface area contributed by atoms with Gasteiger partial charge in [-0.3, -0.25) is 0 Å². The van der Waals surface area contributed by atoms with Crippen molar-refractivity contribution in [1.29, 1.82) is 0 Å². The predicted molar refractivity (Wildman–Crippen MR) is 65.5 cm³/mol. The van der Waals surface area contributed by atoms with E-state index in [1.54, 1.807) is 7.11 Å². The monoisotopic (exact) mass is 229 g/mol. The van der Waals surface area contributed by atoms with Gasteiger partial charge in [0.15, 0.2) is 0 Å². The van der Waals surface area contributed by atoms with Crippen molar-refractivity contribution < 1.29 is 4.74 Å². The summed E-state index contributed by atoms with van der Waals surface area (Å²) in [6.07, 6.45) is 3.15. The Morgan fingerprint density at radius 1 is 1.35 bits per heavy atom. The first-order valence-corrected chi connectivity index (χ1v) is 5.80. The van der Waals surface area contributed by atoms with Crippen LogP contribution in [0.5, 0.6) is 5.75 Å². The van der Waals surface area contributed by atoms with E-state index in [2.05, 4.69) is 16.6 Å². The van der Waals surface area contributed by atoms with Crippen molar-refractivity contribution >= 4 is 0 Å². The van der Waals surface area contributed by atoms with Crippen LogP contribution in [0.3, 0.4) is 0 Å². The third kappa shape index (κ3) is 1.80. The smallest absolute Gasteiger partial charge is 0.144 e. The van der Waals surface area contributed by atoms with Gasteiger partial charge in [0.2, 0.25) is 0 Å². The zero-order valence-electron chi connectivity index (χ0n) is 9.81. The Balaban J connectivity index is 2.06. The first kappa shape index (κ1) is 10.4. The van der Waals surface area contributed by atoms with Crippen molar-refractivity contribution in [3.63, 3.8) is 0 Å². The van der Waals surface area contributed by atoms with E-state index in [0.29, 0.717) is 0 Å².